The maximum atomic E-state index is 12.4. The number of unbranched alkanes of at least 4 members (excludes halogenated alkanes) is 5. The molecule has 1 unspecified atom stereocenters. The van der Waals surface area contributed by atoms with E-state index in [4.69, 9.17) is 5.11 Å². The molecule has 0 saturated heterocycles. The lowest BCUT2D eigenvalue weighted by Gasteiger charge is -2.20. The molecule has 0 aliphatic heterocycles. The summed E-state index contributed by atoms with van der Waals surface area (Å²) in [6.07, 6.45) is 10.1. The van der Waals surface area contributed by atoms with Crippen LogP contribution in [-0.4, -0.2) is 22.0 Å². The summed E-state index contributed by atoms with van der Waals surface area (Å²) < 4.78 is 0. The number of carboxylic acids is 1. The first-order valence-electron chi connectivity index (χ1n) is 11.0. The molecule has 2 N–H and O–H groups in total. The lowest BCUT2D eigenvalue weighted by Crippen LogP contribution is -2.13. The number of carbonyl (C=O) groups is 2. The maximum absolute atomic E-state index is 12.4. The molecule has 4 heteroatoms. The van der Waals surface area contributed by atoms with E-state index >= 15 is 0 Å². The number of carboxylic acid groups (broad SMARTS) is 1. The zero-order chi connectivity index (χ0) is 20.4. The molecule has 2 rings (SSSR count). The molecule has 1 aliphatic carbocycles. The van der Waals surface area contributed by atoms with Gasteiger partial charge in [-0.2, -0.15) is 0 Å². The first-order chi connectivity index (χ1) is 13.5. The van der Waals surface area contributed by atoms with Crippen molar-refractivity contribution in [2.45, 2.75) is 96.0 Å². The molecule has 156 valence electrons. The molecule has 1 aromatic rings. The summed E-state index contributed by atoms with van der Waals surface area (Å²) in [6.45, 7) is 2.16. The Kier molecular flexibility index (Phi) is 9.69. The number of benzene rings is 1. The van der Waals surface area contributed by atoms with Crippen LogP contribution in [0.5, 0.6) is 0 Å². The largest absolute Gasteiger partial charge is 0.481 e. The van der Waals surface area contributed by atoms with Crippen LogP contribution in [0.4, 0.5) is 0 Å². The number of carbonyl (C=O) groups excluding carboxylic acids is 1. The minimum atomic E-state index is -0.732. The molecule has 4 nitrogen and oxygen atoms in total. The van der Waals surface area contributed by atoms with Crippen molar-refractivity contribution in [1.82, 2.24) is 0 Å². The van der Waals surface area contributed by atoms with E-state index in [9.17, 15) is 14.7 Å². The average Bonchev–Trinajstić information content (AvgIpc) is 3.05. The van der Waals surface area contributed by atoms with Gasteiger partial charge in [0.15, 0.2) is 0 Å². The van der Waals surface area contributed by atoms with Crippen molar-refractivity contribution in [3.8, 4) is 0 Å². The summed E-state index contributed by atoms with van der Waals surface area (Å²) in [5.74, 6) is 0.0294. The maximum Gasteiger partial charge on any atom is 0.303 e. The van der Waals surface area contributed by atoms with E-state index in [-0.39, 0.29) is 18.3 Å². The van der Waals surface area contributed by atoms with Gasteiger partial charge < -0.3 is 10.2 Å². The van der Waals surface area contributed by atoms with E-state index in [2.05, 4.69) is 19.1 Å². The van der Waals surface area contributed by atoms with E-state index in [1.165, 1.54) is 5.56 Å². The lowest BCUT2D eigenvalue weighted by molar-refractivity contribution is -0.137. The van der Waals surface area contributed by atoms with Crippen molar-refractivity contribution in [2.75, 3.05) is 0 Å². The van der Waals surface area contributed by atoms with Gasteiger partial charge in [0, 0.05) is 18.8 Å². The van der Waals surface area contributed by atoms with Gasteiger partial charge in [-0.05, 0) is 42.7 Å². The second-order valence-corrected chi connectivity index (χ2v) is 8.24. The van der Waals surface area contributed by atoms with Crippen LogP contribution in [0.3, 0.4) is 0 Å². The molecule has 0 aromatic heterocycles. The standard InChI is InChI=1S/C24H36O4/c1-2-3-6-10-22(25)19-14-12-18(13-15-19)20-16-17-23(26)21(20)9-7-4-5-8-11-24(27)28/h12-15,20-22,25H,2-11,16-17H2,1H3,(H,27,28)/t20?,21-,22-/m1/s1. The molecule has 3 atom stereocenters. The third-order valence-electron chi connectivity index (χ3n) is 6.09. The van der Waals surface area contributed by atoms with Crippen LogP contribution in [0.1, 0.15) is 107 Å². The predicted molar refractivity (Wildman–Crippen MR) is 111 cm³/mol. The van der Waals surface area contributed by atoms with Gasteiger partial charge >= 0.3 is 5.97 Å². The Bertz CT molecular complexity index is 608. The molecule has 0 radical (unpaired) electrons. The van der Waals surface area contributed by atoms with Gasteiger partial charge in [0.1, 0.15) is 5.78 Å². The van der Waals surface area contributed by atoms with E-state index in [0.29, 0.717) is 12.2 Å². The molecule has 0 spiro atoms. The Morgan fingerprint density at radius 2 is 1.79 bits per heavy atom. The number of aliphatic hydroxyl groups excluding tert-OH is 1. The van der Waals surface area contributed by atoms with Crippen LogP contribution in [0.15, 0.2) is 24.3 Å². The fraction of sp³-hybridized carbons (Fsp3) is 0.667. The fourth-order valence-electron chi connectivity index (χ4n) is 4.38. The predicted octanol–water partition coefficient (Wildman–Crippen LogP) is 5.79. The highest BCUT2D eigenvalue weighted by Gasteiger charge is 2.34. The Balaban J connectivity index is 1.84. The highest BCUT2D eigenvalue weighted by molar-refractivity contribution is 5.84. The molecular formula is C24H36O4. The van der Waals surface area contributed by atoms with Gasteiger partial charge in [-0.25, -0.2) is 0 Å². The van der Waals surface area contributed by atoms with Crippen molar-refractivity contribution in [2.24, 2.45) is 5.92 Å². The first kappa shape index (κ1) is 22.6. The highest BCUT2D eigenvalue weighted by Crippen LogP contribution is 2.40. The average molecular weight is 389 g/mol. The molecule has 1 aliphatic rings. The van der Waals surface area contributed by atoms with Crippen LogP contribution in [-0.2, 0) is 9.59 Å². The van der Waals surface area contributed by atoms with Crippen LogP contribution in [0.25, 0.3) is 0 Å². The van der Waals surface area contributed by atoms with Crippen LogP contribution < -0.4 is 0 Å². The number of hydrogen-bond donors (Lipinski definition) is 2. The monoisotopic (exact) mass is 388 g/mol. The van der Waals surface area contributed by atoms with Gasteiger partial charge in [0.25, 0.3) is 0 Å². The quantitative estimate of drug-likeness (QED) is 0.420. The summed E-state index contributed by atoms with van der Waals surface area (Å²) in [7, 11) is 0. The molecule has 0 amide bonds. The number of Topliss-reactive ketones (excluding diaryl/α,β-unsaturated/α-hetero) is 1. The molecular weight excluding hydrogens is 352 g/mol. The lowest BCUT2D eigenvalue weighted by atomic mass is 9.84. The summed E-state index contributed by atoms with van der Waals surface area (Å²) in [6, 6.07) is 8.25. The smallest absolute Gasteiger partial charge is 0.303 e. The topological polar surface area (TPSA) is 74.6 Å². The van der Waals surface area contributed by atoms with Crippen molar-refractivity contribution in [3.63, 3.8) is 0 Å². The third-order valence-corrected chi connectivity index (χ3v) is 6.09. The van der Waals surface area contributed by atoms with Crippen molar-refractivity contribution >= 4 is 11.8 Å². The fourth-order valence-corrected chi connectivity index (χ4v) is 4.38. The third kappa shape index (κ3) is 7.05. The van der Waals surface area contributed by atoms with Crippen molar-refractivity contribution < 1.29 is 19.8 Å². The van der Waals surface area contributed by atoms with Gasteiger partial charge in [0.2, 0.25) is 0 Å². The molecule has 1 saturated carbocycles. The number of ketones is 1. The zero-order valence-electron chi connectivity index (χ0n) is 17.2. The van der Waals surface area contributed by atoms with Gasteiger partial charge in [-0.1, -0.05) is 69.7 Å². The summed E-state index contributed by atoms with van der Waals surface area (Å²) in [4.78, 5) is 22.9. The minimum absolute atomic E-state index is 0.0970. The normalized spacial score (nSPS) is 20.4. The Morgan fingerprint density at radius 1 is 1.07 bits per heavy atom. The van der Waals surface area contributed by atoms with Crippen LogP contribution >= 0.6 is 0 Å². The number of aliphatic hydroxyl groups is 1. The molecule has 1 aromatic carbocycles. The van der Waals surface area contributed by atoms with Crippen molar-refractivity contribution in [1.29, 1.82) is 0 Å². The highest BCUT2D eigenvalue weighted by atomic mass is 16.4. The Morgan fingerprint density at radius 3 is 2.46 bits per heavy atom. The van der Waals surface area contributed by atoms with E-state index in [1.807, 2.05) is 12.1 Å². The van der Waals surface area contributed by atoms with E-state index in [1.54, 1.807) is 0 Å². The second-order valence-electron chi connectivity index (χ2n) is 8.24. The van der Waals surface area contributed by atoms with Crippen LogP contribution in [0, 0.1) is 5.92 Å². The summed E-state index contributed by atoms with van der Waals surface area (Å²) in [5, 5.41) is 19.0. The van der Waals surface area contributed by atoms with E-state index in [0.717, 1.165) is 69.8 Å². The van der Waals surface area contributed by atoms with Gasteiger partial charge in [-0.3, -0.25) is 9.59 Å². The molecule has 28 heavy (non-hydrogen) atoms. The molecule has 0 heterocycles. The molecule has 0 bridgehead atoms. The Labute approximate surface area is 169 Å². The van der Waals surface area contributed by atoms with Crippen molar-refractivity contribution in [3.05, 3.63) is 35.4 Å². The first-order valence-corrected chi connectivity index (χ1v) is 11.0. The van der Waals surface area contributed by atoms with E-state index < -0.39 is 12.1 Å². The minimum Gasteiger partial charge on any atom is -0.481 e. The van der Waals surface area contributed by atoms with Gasteiger partial charge in [-0.15, -0.1) is 0 Å². The summed E-state index contributed by atoms with van der Waals surface area (Å²) in [5.41, 5.74) is 2.19. The van der Waals surface area contributed by atoms with Gasteiger partial charge in [0.05, 0.1) is 6.10 Å². The SMILES string of the molecule is CCCCC[C@@H](O)c1ccc(C2CCC(=O)[C@@H]2CCCCCCC(=O)O)cc1. The number of aliphatic carboxylic acids is 1. The number of hydrogen-bond acceptors (Lipinski definition) is 3. The molecule has 1 fully saturated rings. The zero-order valence-corrected chi connectivity index (χ0v) is 17.2. The second kappa shape index (κ2) is 12.0. The summed E-state index contributed by atoms with van der Waals surface area (Å²) >= 11 is 0. The van der Waals surface area contributed by atoms with Crippen LogP contribution in [0.2, 0.25) is 0 Å². The Hall–Kier alpha value is -1.68. The number of rotatable bonds is 13.